The van der Waals surface area contributed by atoms with E-state index < -0.39 is 82.0 Å². The zero-order valence-electron chi connectivity index (χ0n) is 26.2. The summed E-state index contributed by atoms with van der Waals surface area (Å²) in [6.07, 6.45) is -7.15. The van der Waals surface area contributed by atoms with E-state index in [9.17, 15) is 13.9 Å². The van der Waals surface area contributed by atoms with Gasteiger partial charge in [0.25, 0.3) is 0 Å². The third-order valence-corrected chi connectivity index (χ3v) is 11.4. The molecule has 3 aliphatic rings. The van der Waals surface area contributed by atoms with E-state index in [1.165, 1.54) is 28.0 Å². The van der Waals surface area contributed by atoms with Gasteiger partial charge >= 0.3 is 19.7 Å². The van der Waals surface area contributed by atoms with E-state index in [2.05, 4.69) is 54.7 Å². The lowest BCUT2D eigenvalue weighted by Gasteiger charge is -2.29. The highest BCUT2D eigenvalue weighted by Crippen LogP contribution is 2.60. The van der Waals surface area contributed by atoms with Crippen LogP contribution in [0.15, 0.2) is 31.2 Å². The fourth-order valence-corrected chi connectivity index (χ4v) is 8.82. The van der Waals surface area contributed by atoms with Gasteiger partial charge in [0.15, 0.2) is 41.8 Å². The molecular weight excluding hydrogens is 759 g/mol. The van der Waals surface area contributed by atoms with Gasteiger partial charge in [-0.15, -0.1) is 0 Å². The second kappa shape index (κ2) is 14.3. The maximum absolute atomic E-state index is 16.2. The van der Waals surface area contributed by atoms with E-state index in [4.69, 9.17) is 49.5 Å². The molecule has 1 unspecified atom stereocenters. The number of rotatable bonds is 6. The van der Waals surface area contributed by atoms with Crippen molar-refractivity contribution in [3.63, 3.8) is 0 Å². The van der Waals surface area contributed by atoms with Gasteiger partial charge in [-0.25, -0.2) is 43.2 Å². The van der Waals surface area contributed by atoms with Gasteiger partial charge < -0.3 is 36.7 Å². The zero-order chi connectivity index (χ0) is 36.1. The Bertz CT molecular complexity index is 2030. The van der Waals surface area contributed by atoms with Crippen molar-refractivity contribution in [2.75, 3.05) is 37.8 Å². The van der Waals surface area contributed by atoms with Crippen molar-refractivity contribution in [2.45, 2.75) is 55.6 Å². The summed E-state index contributed by atoms with van der Waals surface area (Å²) in [5.41, 5.74) is 18.7. The highest BCUT2D eigenvalue weighted by Gasteiger charge is 2.55. The van der Waals surface area contributed by atoms with Gasteiger partial charge in [0.05, 0.1) is 31.6 Å². The van der Waals surface area contributed by atoms with E-state index >= 15 is 4.39 Å². The summed E-state index contributed by atoms with van der Waals surface area (Å²) in [5, 5.41) is 2.57. The number of thiol groups is 2. The molecule has 26 heteroatoms. The number of nitrogens with one attached hydrogen (secondary N) is 1. The van der Waals surface area contributed by atoms with Crippen LogP contribution in [-0.4, -0.2) is 103 Å². The Morgan fingerprint density at radius 2 is 1.57 bits per heavy atom. The number of ether oxygens (including phenoxy) is 3. The quantitative estimate of drug-likeness (QED) is 0.0924. The van der Waals surface area contributed by atoms with Crippen LogP contribution in [-0.2, 0) is 41.4 Å². The second-order valence-electron chi connectivity index (χ2n) is 11.5. The molecule has 7 N–H and O–H groups in total. The number of alkyl halides is 1. The maximum Gasteiger partial charge on any atom is 0.407 e. The number of hydrogen-bond donors (Lipinski definition) is 6. The van der Waals surface area contributed by atoms with E-state index in [0.717, 1.165) is 6.33 Å². The van der Waals surface area contributed by atoms with Crippen LogP contribution in [0.2, 0.25) is 0 Å². The monoisotopic (exact) mass is 791 g/mol. The number of imidazole rings is 2. The lowest BCUT2D eigenvalue weighted by Crippen LogP contribution is -2.42. The molecule has 0 saturated carbocycles. The van der Waals surface area contributed by atoms with Crippen LogP contribution in [0, 0.1) is 0 Å². The first-order valence-electron chi connectivity index (χ1n) is 15.3. The predicted molar refractivity (Wildman–Crippen MR) is 181 cm³/mol. The molecule has 3 fully saturated rings. The van der Waals surface area contributed by atoms with Crippen molar-refractivity contribution in [1.82, 2.24) is 39.4 Å². The Balaban J connectivity index is 1.19. The van der Waals surface area contributed by atoms with Gasteiger partial charge in [0, 0.05) is 12.7 Å². The molecule has 0 radical (unpaired) electrons. The molecule has 10 atom stereocenters. The summed E-state index contributed by atoms with van der Waals surface area (Å²) in [4.78, 5) is 33.7. The number of anilines is 2. The largest absolute Gasteiger partial charge is 0.438 e. The fraction of sp³-hybridized carbons (Fsp3) is 0.520. The van der Waals surface area contributed by atoms with Crippen LogP contribution >= 0.6 is 38.1 Å². The topological polar surface area (TPSA) is 280 Å². The number of amides is 1. The molecule has 1 amide bonds. The lowest BCUT2D eigenvalue weighted by atomic mass is 10.1. The molecule has 0 spiro atoms. The molecule has 4 aromatic heterocycles. The highest BCUT2D eigenvalue weighted by atomic mass is 32.7. The van der Waals surface area contributed by atoms with E-state index in [1.807, 2.05) is 0 Å². The standard InChI is InChI=1S/C25H32FN11O10P2S2/c26-14-17-12(43-23(14)36-10-35-16-20(29)32-8-33-22(16)36)6-41-49(40,51)47-18-13(7-42-48(39,50)46-17)44-24(19(18)45-25(38)31-4-1-3-27)37-9-34-15-11(28)2-5-30-21(15)37/h2,5,8-10,12-14,17-19,23-24H,1,3-4,6-7,27H2,(H2,28,30)(H,31,38)(H,39,50)(H,40,51)(H2,29,32,33)/t12-,13-,14-,17-,18-,19-,23-,24-,48-,49?/m1/s1. The average Bonchev–Trinajstić information content (AvgIpc) is 3.85. The van der Waals surface area contributed by atoms with E-state index in [1.54, 1.807) is 6.07 Å². The van der Waals surface area contributed by atoms with Crippen molar-refractivity contribution < 1.29 is 50.6 Å². The van der Waals surface area contributed by atoms with Gasteiger partial charge in [-0.3, -0.25) is 27.2 Å². The number of halogens is 1. The smallest absolute Gasteiger partial charge is 0.407 e. The number of nitrogen functional groups attached to an aromatic ring is 2. The minimum absolute atomic E-state index is 0.0478. The van der Waals surface area contributed by atoms with Crippen molar-refractivity contribution in [2.24, 2.45) is 5.73 Å². The Kier molecular flexibility index (Phi) is 10.2. The first-order valence-corrected chi connectivity index (χ1v) is 20.7. The van der Waals surface area contributed by atoms with Crippen LogP contribution in [0.25, 0.3) is 22.3 Å². The van der Waals surface area contributed by atoms with Crippen molar-refractivity contribution in [3.05, 3.63) is 31.2 Å². The van der Waals surface area contributed by atoms with Crippen LogP contribution in [0.4, 0.5) is 20.7 Å². The van der Waals surface area contributed by atoms with Crippen LogP contribution in [0.1, 0.15) is 18.9 Å². The Hall–Kier alpha value is -3.15. The normalized spacial score (nSPS) is 34.4. The summed E-state index contributed by atoms with van der Waals surface area (Å²) < 4.78 is 86.9. The fourth-order valence-electron chi connectivity index (χ4n) is 5.85. The summed E-state index contributed by atoms with van der Waals surface area (Å²) >= 11 is 8.25. The number of fused-ring (bicyclic) bond motifs is 4. The first-order chi connectivity index (χ1) is 24.4. The number of carbonyl (C=O) groups is 1. The van der Waals surface area contributed by atoms with Gasteiger partial charge in [-0.1, -0.05) is 24.5 Å². The zero-order valence-corrected chi connectivity index (χ0v) is 29.7. The number of nitrogens with two attached hydrogens (primary N) is 3. The molecule has 276 valence electrons. The van der Waals surface area contributed by atoms with Crippen LogP contribution < -0.4 is 22.5 Å². The van der Waals surface area contributed by atoms with Crippen LogP contribution in [0.5, 0.6) is 0 Å². The summed E-state index contributed by atoms with van der Waals surface area (Å²) in [5.74, 6) is 0.0478. The number of carbonyl (C=O) groups excluding carboxylic acids is 1. The maximum atomic E-state index is 16.2. The molecule has 21 nitrogen and oxygen atoms in total. The summed E-state index contributed by atoms with van der Waals surface area (Å²) in [7, 11) is 0. The SMILES string of the molecule is NCCCNC(=O)O[C@@H]1[C@@H]2OP(=O)(S)OC[C@H]3O[C@@H](n4cnc5c(N)ncnc54)[C@H](F)[C@@H]3O[P@](=O)(S)OC[C@H]2O[C@H]1n1cnc2c(N)ccnc21. The van der Waals surface area contributed by atoms with Gasteiger partial charge in [-0.2, -0.15) is 0 Å². The van der Waals surface area contributed by atoms with Crippen molar-refractivity contribution >= 4 is 78.0 Å². The number of hydrogen-bond acceptors (Lipinski definition) is 18. The Morgan fingerprint density at radius 3 is 2.29 bits per heavy atom. The number of alkyl carbamates (subject to hydrolysis) is 1. The number of nitrogens with zero attached hydrogens (tertiary/aromatic N) is 7. The first kappa shape index (κ1) is 36.2. The Morgan fingerprint density at radius 1 is 0.941 bits per heavy atom. The third kappa shape index (κ3) is 7.27. The molecule has 3 aliphatic heterocycles. The molecule has 4 aromatic rings. The van der Waals surface area contributed by atoms with Gasteiger partial charge in [0.1, 0.15) is 41.8 Å². The molecule has 7 heterocycles. The summed E-state index contributed by atoms with van der Waals surface area (Å²) in [6.45, 7) is -9.65. The molecular formula is C25H32FN11O10P2S2. The third-order valence-electron chi connectivity index (χ3n) is 8.19. The molecule has 0 bridgehead atoms. The van der Waals surface area contributed by atoms with Crippen LogP contribution in [0.3, 0.4) is 0 Å². The average molecular weight is 792 g/mol. The minimum atomic E-state index is -4.43. The second-order valence-corrected chi connectivity index (χ2v) is 17.2. The molecule has 51 heavy (non-hydrogen) atoms. The highest BCUT2D eigenvalue weighted by molar-refractivity contribution is 8.44. The van der Waals surface area contributed by atoms with Crippen molar-refractivity contribution in [1.29, 1.82) is 0 Å². The summed E-state index contributed by atoms with van der Waals surface area (Å²) in [6, 6.07) is 1.54. The predicted octanol–water partition coefficient (Wildman–Crippen LogP) is 1.91. The Labute approximate surface area is 297 Å². The lowest BCUT2D eigenvalue weighted by molar-refractivity contribution is -0.0560. The number of pyridine rings is 1. The van der Waals surface area contributed by atoms with Gasteiger partial charge in [-0.05, 0) is 19.0 Å². The van der Waals surface area contributed by atoms with E-state index in [-0.39, 0.29) is 29.2 Å². The minimum Gasteiger partial charge on any atom is -0.438 e. The van der Waals surface area contributed by atoms with Crippen molar-refractivity contribution in [3.8, 4) is 0 Å². The molecule has 0 aromatic carbocycles. The molecule has 7 rings (SSSR count). The van der Waals surface area contributed by atoms with Gasteiger partial charge in [0.2, 0.25) is 0 Å². The molecule has 0 aliphatic carbocycles. The molecule has 3 saturated heterocycles. The van der Waals surface area contributed by atoms with E-state index in [0.29, 0.717) is 24.2 Å². The number of aromatic nitrogens is 7.